The minimum absolute atomic E-state index is 0. The van der Waals surface area contributed by atoms with Gasteiger partial charge in [-0.1, -0.05) is 38.0 Å². The van der Waals surface area contributed by atoms with Gasteiger partial charge in [0, 0.05) is 18.5 Å². The molecule has 2 atom stereocenters. The normalized spacial score (nSPS) is 20.4. The fraction of sp³-hybridized carbons (Fsp3) is 0.520. The molecular weight excluding hydrogens is 435 g/mol. The standard InChI is InChI=1S/C25H30F3NO3.H2O/c1-2-3-4-11-29-12-10-22(18-6-5-7-20(13-18)25(26,27)28)19(15-29)16-30-21-8-9-23-24(14-21)32-17-31-23;/h5-9,13-14,19,22H,2-4,10-12,15-17H2,1H3;1H2/t19-,22-;/m0./s1. The van der Waals surface area contributed by atoms with E-state index in [-0.39, 0.29) is 24.1 Å². The minimum atomic E-state index is -4.34. The number of fused-ring (bicyclic) bond motifs is 1. The number of hydrogen-bond acceptors (Lipinski definition) is 4. The maximum Gasteiger partial charge on any atom is 0.416 e. The molecule has 1 fully saturated rings. The third kappa shape index (κ3) is 6.32. The van der Waals surface area contributed by atoms with E-state index in [0.717, 1.165) is 50.5 Å². The highest BCUT2D eigenvalue weighted by Crippen LogP contribution is 2.38. The second-order valence-electron chi connectivity index (χ2n) is 8.61. The van der Waals surface area contributed by atoms with E-state index in [1.807, 2.05) is 24.3 Å². The number of rotatable bonds is 8. The van der Waals surface area contributed by atoms with Crippen LogP contribution in [0.5, 0.6) is 17.2 Å². The summed E-state index contributed by atoms with van der Waals surface area (Å²) in [6.45, 7) is 5.54. The molecule has 2 aliphatic heterocycles. The molecule has 182 valence electrons. The van der Waals surface area contributed by atoms with Gasteiger partial charge < -0.3 is 24.6 Å². The SMILES string of the molecule is CCCCCN1CC[C@@H](c2cccc(C(F)(F)F)c2)[C@H](COc2ccc3c(c2)OCO3)C1.O. The van der Waals surface area contributed by atoms with E-state index in [2.05, 4.69) is 11.8 Å². The minimum Gasteiger partial charge on any atom is -0.493 e. The third-order valence-electron chi connectivity index (χ3n) is 6.35. The van der Waals surface area contributed by atoms with Gasteiger partial charge in [-0.2, -0.15) is 13.2 Å². The summed E-state index contributed by atoms with van der Waals surface area (Å²) in [5.41, 5.74) is 0.156. The zero-order chi connectivity index (χ0) is 22.6. The number of likely N-dealkylation sites (tertiary alicyclic amines) is 1. The Morgan fingerprint density at radius 1 is 1.06 bits per heavy atom. The van der Waals surface area contributed by atoms with Crippen LogP contribution in [0, 0.1) is 5.92 Å². The average Bonchev–Trinajstić information content (AvgIpc) is 3.25. The van der Waals surface area contributed by atoms with Crippen LogP contribution < -0.4 is 14.2 Å². The molecule has 2 heterocycles. The smallest absolute Gasteiger partial charge is 0.416 e. The van der Waals surface area contributed by atoms with Crippen LogP contribution in [0.1, 0.15) is 49.7 Å². The molecule has 0 bridgehead atoms. The molecule has 0 saturated carbocycles. The lowest BCUT2D eigenvalue weighted by molar-refractivity contribution is -0.137. The summed E-state index contributed by atoms with van der Waals surface area (Å²) in [4.78, 5) is 2.42. The average molecular weight is 468 g/mol. The predicted molar refractivity (Wildman–Crippen MR) is 120 cm³/mol. The van der Waals surface area contributed by atoms with Crippen molar-refractivity contribution in [2.75, 3.05) is 33.0 Å². The van der Waals surface area contributed by atoms with E-state index >= 15 is 0 Å². The van der Waals surface area contributed by atoms with Crippen LogP contribution in [-0.4, -0.2) is 43.4 Å². The van der Waals surface area contributed by atoms with Crippen molar-refractivity contribution in [1.82, 2.24) is 4.90 Å². The topological polar surface area (TPSA) is 62.4 Å². The highest BCUT2D eigenvalue weighted by Gasteiger charge is 2.34. The van der Waals surface area contributed by atoms with E-state index in [1.54, 1.807) is 0 Å². The van der Waals surface area contributed by atoms with Crippen LogP contribution in [0.4, 0.5) is 13.2 Å². The Labute approximate surface area is 192 Å². The van der Waals surface area contributed by atoms with Crippen molar-refractivity contribution in [3.05, 3.63) is 53.6 Å². The van der Waals surface area contributed by atoms with Gasteiger partial charge in [0.2, 0.25) is 6.79 Å². The van der Waals surface area contributed by atoms with E-state index in [4.69, 9.17) is 14.2 Å². The molecule has 1 saturated heterocycles. The number of ether oxygens (including phenoxy) is 3. The van der Waals surface area contributed by atoms with Crippen molar-refractivity contribution < 1.29 is 32.9 Å². The maximum atomic E-state index is 13.3. The van der Waals surface area contributed by atoms with Gasteiger partial charge in [0.1, 0.15) is 5.75 Å². The number of alkyl halides is 3. The lowest BCUT2D eigenvalue weighted by Gasteiger charge is -2.39. The highest BCUT2D eigenvalue weighted by molar-refractivity contribution is 5.46. The van der Waals surface area contributed by atoms with E-state index in [9.17, 15) is 13.2 Å². The number of nitrogens with zero attached hydrogens (tertiary/aromatic N) is 1. The molecule has 0 radical (unpaired) electrons. The lowest BCUT2D eigenvalue weighted by atomic mass is 9.80. The number of piperidine rings is 1. The molecule has 2 aromatic rings. The van der Waals surface area contributed by atoms with Gasteiger partial charge in [-0.15, -0.1) is 0 Å². The number of benzene rings is 2. The van der Waals surface area contributed by atoms with Crippen LogP contribution >= 0.6 is 0 Å². The molecule has 2 aromatic carbocycles. The maximum absolute atomic E-state index is 13.3. The molecule has 0 aliphatic carbocycles. The lowest BCUT2D eigenvalue weighted by Crippen LogP contribution is -2.42. The first-order valence-electron chi connectivity index (χ1n) is 11.4. The quantitative estimate of drug-likeness (QED) is 0.496. The number of unbranched alkanes of at least 4 members (excludes halogenated alkanes) is 2. The fourth-order valence-electron chi connectivity index (χ4n) is 4.62. The summed E-state index contributed by atoms with van der Waals surface area (Å²) in [7, 11) is 0. The number of hydrogen-bond donors (Lipinski definition) is 0. The van der Waals surface area contributed by atoms with Crippen LogP contribution in [0.15, 0.2) is 42.5 Å². The second-order valence-corrected chi connectivity index (χ2v) is 8.61. The first kappa shape index (κ1) is 25.2. The summed E-state index contributed by atoms with van der Waals surface area (Å²) in [6, 6.07) is 11.3. The highest BCUT2D eigenvalue weighted by atomic mass is 19.4. The zero-order valence-corrected chi connectivity index (χ0v) is 18.9. The molecule has 0 unspecified atom stereocenters. The molecule has 2 aliphatic rings. The number of halogens is 3. The van der Waals surface area contributed by atoms with Crippen molar-refractivity contribution in [3.8, 4) is 17.2 Å². The summed E-state index contributed by atoms with van der Waals surface area (Å²) in [5, 5.41) is 0. The molecule has 33 heavy (non-hydrogen) atoms. The molecule has 5 nitrogen and oxygen atoms in total. The van der Waals surface area contributed by atoms with Gasteiger partial charge in [0.15, 0.2) is 11.5 Å². The molecule has 2 N–H and O–H groups in total. The monoisotopic (exact) mass is 467 g/mol. The second kappa shape index (κ2) is 11.1. The van der Waals surface area contributed by atoms with Gasteiger partial charge in [0.25, 0.3) is 0 Å². The molecule has 0 spiro atoms. The van der Waals surface area contributed by atoms with Crippen LogP contribution in [0.2, 0.25) is 0 Å². The van der Waals surface area contributed by atoms with Gasteiger partial charge in [0.05, 0.1) is 12.2 Å². The van der Waals surface area contributed by atoms with E-state index < -0.39 is 11.7 Å². The Bertz CT molecular complexity index is 905. The zero-order valence-electron chi connectivity index (χ0n) is 18.9. The van der Waals surface area contributed by atoms with Crippen LogP contribution in [0.25, 0.3) is 0 Å². The van der Waals surface area contributed by atoms with Crippen molar-refractivity contribution in [2.45, 2.75) is 44.7 Å². The van der Waals surface area contributed by atoms with Crippen molar-refractivity contribution >= 4 is 0 Å². The summed E-state index contributed by atoms with van der Waals surface area (Å²) in [5.74, 6) is 2.15. The molecular formula is C25H32F3NO4. The molecule has 4 rings (SSSR count). The molecule has 8 heteroatoms. The van der Waals surface area contributed by atoms with Gasteiger partial charge in [-0.25, -0.2) is 0 Å². The molecule has 0 aromatic heterocycles. The van der Waals surface area contributed by atoms with Gasteiger partial charge >= 0.3 is 6.18 Å². The van der Waals surface area contributed by atoms with Crippen molar-refractivity contribution in [1.29, 1.82) is 0 Å². The molecule has 0 amide bonds. The third-order valence-corrected chi connectivity index (χ3v) is 6.35. The van der Waals surface area contributed by atoms with E-state index in [0.29, 0.717) is 23.9 Å². The van der Waals surface area contributed by atoms with E-state index in [1.165, 1.54) is 18.6 Å². The Kier molecular flexibility index (Phi) is 8.48. The Morgan fingerprint density at radius 2 is 1.88 bits per heavy atom. The Balaban J connectivity index is 0.00000306. The summed E-state index contributed by atoms with van der Waals surface area (Å²) < 4.78 is 56.7. The fourth-order valence-corrected chi connectivity index (χ4v) is 4.62. The van der Waals surface area contributed by atoms with Crippen molar-refractivity contribution in [3.63, 3.8) is 0 Å². The largest absolute Gasteiger partial charge is 0.493 e. The first-order chi connectivity index (χ1) is 15.4. The van der Waals surface area contributed by atoms with Crippen LogP contribution in [0.3, 0.4) is 0 Å². The Hall–Kier alpha value is -2.45. The Morgan fingerprint density at radius 3 is 2.67 bits per heavy atom. The van der Waals surface area contributed by atoms with Gasteiger partial charge in [-0.3, -0.25) is 0 Å². The first-order valence-corrected chi connectivity index (χ1v) is 11.4. The predicted octanol–water partition coefficient (Wildman–Crippen LogP) is 5.28. The van der Waals surface area contributed by atoms with Gasteiger partial charge in [-0.05, 0) is 55.6 Å². The van der Waals surface area contributed by atoms with Crippen molar-refractivity contribution in [2.24, 2.45) is 5.92 Å². The summed E-state index contributed by atoms with van der Waals surface area (Å²) >= 11 is 0. The van der Waals surface area contributed by atoms with Crippen LogP contribution in [-0.2, 0) is 6.18 Å². The summed E-state index contributed by atoms with van der Waals surface area (Å²) in [6.07, 6.45) is -0.0261.